The first-order valence-electron chi connectivity index (χ1n) is 6.88. The fourth-order valence-corrected chi connectivity index (χ4v) is 1.68. The SMILES string of the molecule is [2H]c1c(C([2H])([2H])[2H])ccc(-c2ccccc2C)[n+]1C. The zero-order valence-corrected chi connectivity index (χ0v) is 8.91. The van der Waals surface area contributed by atoms with Crippen LogP contribution in [0.2, 0.25) is 0 Å². The van der Waals surface area contributed by atoms with E-state index in [0.29, 0.717) is 0 Å². The molecular formula is C14H16N+. The summed E-state index contributed by atoms with van der Waals surface area (Å²) >= 11 is 0. The van der Waals surface area contributed by atoms with Gasteiger partial charge in [-0.15, -0.1) is 0 Å². The lowest BCUT2D eigenvalue weighted by molar-refractivity contribution is -0.660. The van der Waals surface area contributed by atoms with E-state index >= 15 is 0 Å². The van der Waals surface area contributed by atoms with Crippen molar-refractivity contribution >= 4 is 0 Å². The summed E-state index contributed by atoms with van der Waals surface area (Å²) in [6, 6.07) is 11.1. The number of aryl methyl sites for hydroxylation is 2. The van der Waals surface area contributed by atoms with E-state index in [2.05, 4.69) is 0 Å². The summed E-state index contributed by atoms with van der Waals surface area (Å²) in [5.41, 5.74) is 3.03. The van der Waals surface area contributed by atoms with Crippen molar-refractivity contribution in [3.05, 3.63) is 53.7 Å². The number of benzene rings is 1. The van der Waals surface area contributed by atoms with Crippen LogP contribution in [0, 0.1) is 13.8 Å². The maximum Gasteiger partial charge on any atom is 0.212 e. The summed E-state index contributed by atoms with van der Waals surface area (Å²) in [6.07, 6.45) is 0.0285. The second kappa shape index (κ2) is 3.85. The molecule has 1 nitrogen and oxygen atoms in total. The molecule has 0 unspecified atom stereocenters. The van der Waals surface area contributed by atoms with Gasteiger partial charge in [0.1, 0.15) is 8.42 Å². The highest BCUT2D eigenvalue weighted by Crippen LogP contribution is 2.19. The number of nitrogens with zero attached hydrogens (tertiary/aromatic N) is 1. The van der Waals surface area contributed by atoms with Crippen LogP contribution in [0.1, 0.15) is 16.6 Å². The Labute approximate surface area is 96.6 Å². The third-order valence-electron chi connectivity index (χ3n) is 2.48. The Morgan fingerprint density at radius 2 is 2.00 bits per heavy atom. The summed E-state index contributed by atoms with van der Waals surface area (Å²) in [5.74, 6) is 0. The van der Waals surface area contributed by atoms with Crippen LogP contribution in [0.4, 0.5) is 0 Å². The average molecular weight is 202 g/mol. The Morgan fingerprint density at radius 3 is 2.73 bits per heavy atom. The Hall–Kier alpha value is -1.63. The van der Waals surface area contributed by atoms with E-state index in [0.717, 1.165) is 16.8 Å². The van der Waals surface area contributed by atoms with Gasteiger partial charge in [-0.25, -0.2) is 4.57 Å². The van der Waals surface area contributed by atoms with Crippen molar-refractivity contribution < 1.29 is 10.1 Å². The van der Waals surface area contributed by atoms with Crippen molar-refractivity contribution in [1.29, 1.82) is 0 Å². The van der Waals surface area contributed by atoms with Gasteiger partial charge in [0.25, 0.3) is 0 Å². The molecule has 0 saturated heterocycles. The molecule has 2 rings (SSSR count). The van der Waals surface area contributed by atoms with Crippen molar-refractivity contribution in [2.45, 2.75) is 13.8 Å². The van der Waals surface area contributed by atoms with Crippen molar-refractivity contribution in [3.63, 3.8) is 0 Å². The van der Waals surface area contributed by atoms with Crippen molar-refractivity contribution in [2.24, 2.45) is 7.05 Å². The summed E-state index contributed by atoms with van der Waals surface area (Å²) in [5, 5.41) is 0. The third kappa shape index (κ3) is 1.91. The molecule has 1 heteroatoms. The average Bonchev–Trinajstić information content (AvgIpc) is 2.32. The van der Waals surface area contributed by atoms with Crippen LogP contribution in [-0.4, -0.2) is 0 Å². The van der Waals surface area contributed by atoms with Gasteiger partial charge in [-0.05, 0) is 31.5 Å². The molecule has 1 aromatic carbocycles. The molecule has 0 spiro atoms. The lowest BCUT2D eigenvalue weighted by Gasteiger charge is -2.03. The van der Waals surface area contributed by atoms with E-state index < -0.39 is 6.85 Å². The van der Waals surface area contributed by atoms with Crippen molar-refractivity contribution in [1.82, 2.24) is 0 Å². The smallest absolute Gasteiger partial charge is 0.201 e. The topological polar surface area (TPSA) is 3.88 Å². The normalized spacial score (nSPS) is 15.1. The van der Waals surface area contributed by atoms with E-state index in [1.165, 1.54) is 6.07 Å². The van der Waals surface area contributed by atoms with E-state index in [4.69, 9.17) is 5.48 Å². The van der Waals surface area contributed by atoms with E-state index in [1.54, 1.807) is 17.7 Å². The molecule has 0 bridgehead atoms. The van der Waals surface area contributed by atoms with Gasteiger partial charge in [0.15, 0.2) is 6.17 Å². The van der Waals surface area contributed by atoms with Crippen molar-refractivity contribution in [3.8, 4) is 11.3 Å². The summed E-state index contributed by atoms with van der Waals surface area (Å²) < 4.78 is 31.9. The first-order valence-corrected chi connectivity index (χ1v) is 4.88. The molecule has 0 radical (unpaired) electrons. The van der Waals surface area contributed by atoms with Crippen LogP contribution in [0.25, 0.3) is 11.3 Å². The van der Waals surface area contributed by atoms with Crippen LogP contribution in [0.3, 0.4) is 0 Å². The van der Waals surface area contributed by atoms with Crippen LogP contribution in [0.15, 0.2) is 42.6 Å². The largest absolute Gasteiger partial charge is 0.212 e. The summed E-state index contributed by atoms with van der Waals surface area (Å²) in [6.45, 7) is -0.254. The molecule has 0 atom stereocenters. The fraction of sp³-hybridized carbons (Fsp3) is 0.214. The quantitative estimate of drug-likeness (QED) is 0.626. The molecule has 1 aromatic heterocycles. The van der Waals surface area contributed by atoms with Crippen molar-refractivity contribution in [2.75, 3.05) is 0 Å². The summed E-state index contributed by atoms with van der Waals surface area (Å²) in [4.78, 5) is 0. The lowest BCUT2D eigenvalue weighted by atomic mass is 10.0. The standard InChI is InChI=1S/C14H16N/c1-11-8-9-14(15(3)10-11)13-7-5-4-6-12(13)2/h4-10H,1-3H3/q+1/i1D3,10D. The van der Waals surface area contributed by atoms with Gasteiger partial charge in [0.05, 0.1) is 0 Å². The molecule has 2 aromatic rings. The molecule has 1 heterocycles. The van der Waals surface area contributed by atoms with E-state index in [-0.39, 0.29) is 11.7 Å². The lowest BCUT2D eigenvalue weighted by Crippen LogP contribution is -2.30. The number of aromatic nitrogens is 1. The van der Waals surface area contributed by atoms with Gasteiger partial charge in [-0.1, -0.05) is 18.2 Å². The molecule has 0 fully saturated rings. The minimum Gasteiger partial charge on any atom is -0.201 e. The minimum atomic E-state index is -2.25. The Balaban J connectivity index is 2.64. The predicted octanol–water partition coefficient (Wildman–Crippen LogP) is 2.79. The first kappa shape index (κ1) is 6.06. The predicted molar refractivity (Wildman–Crippen MR) is 62.5 cm³/mol. The highest BCUT2D eigenvalue weighted by atomic mass is 14.9. The second-order valence-electron chi connectivity index (χ2n) is 3.62. The molecule has 0 aliphatic heterocycles. The van der Waals surface area contributed by atoms with Crippen LogP contribution < -0.4 is 4.57 Å². The zero-order chi connectivity index (χ0) is 14.2. The minimum absolute atomic E-state index is 0.0285. The van der Waals surface area contributed by atoms with Gasteiger partial charge in [-0.2, -0.15) is 0 Å². The Kier molecular flexibility index (Phi) is 1.56. The Bertz CT molecular complexity index is 617. The molecule has 0 amide bonds. The highest BCUT2D eigenvalue weighted by molar-refractivity contribution is 5.60. The van der Waals surface area contributed by atoms with Crippen LogP contribution >= 0.6 is 0 Å². The first-order chi connectivity index (χ1) is 8.82. The maximum atomic E-state index is 8.01. The number of hydrogen-bond donors (Lipinski definition) is 0. The number of rotatable bonds is 1. The zero-order valence-electron chi connectivity index (χ0n) is 12.9. The molecule has 0 saturated carbocycles. The molecule has 0 aliphatic carbocycles. The van der Waals surface area contributed by atoms with Gasteiger partial charge >= 0.3 is 0 Å². The highest BCUT2D eigenvalue weighted by Gasteiger charge is 2.10. The van der Waals surface area contributed by atoms with Gasteiger partial charge in [0.2, 0.25) is 5.69 Å². The number of hydrogen-bond acceptors (Lipinski definition) is 0. The van der Waals surface area contributed by atoms with E-state index in [1.807, 2.05) is 31.2 Å². The molecule has 15 heavy (non-hydrogen) atoms. The monoisotopic (exact) mass is 202 g/mol. The Morgan fingerprint density at radius 1 is 1.20 bits per heavy atom. The molecular weight excluding hydrogens is 182 g/mol. The summed E-state index contributed by atoms with van der Waals surface area (Å²) in [7, 11) is 1.72. The van der Waals surface area contributed by atoms with Crippen LogP contribution in [0.5, 0.6) is 0 Å². The molecule has 0 aliphatic rings. The molecule has 0 N–H and O–H groups in total. The van der Waals surface area contributed by atoms with Gasteiger partial charge in [0, 0.05) is 21.3 Å². The second-order valence-corrected chi connectivity index (χ2v) is 3.62. The van der Waals surface area contributed by atoms with Gasteiger partial charge in [-0.3, -0.25) is 0 Å². The van der Waals surface area contributed by atoms with Gasteiger partial charge < -0.3 is 0 Å². The number of pyridine rings is 1. The fourth-order valence-electron chi connectivity index (χ4n) is 1.68. The molecule has 76 valence electrons. The van der Waals surface area contributed by atoms with E-state index in [9.17, 15) is 0 Å². The third-order valence-corrected chi connectivity index (χ3v) is 2.48. The maximum absolute atomic E-state index is 8.01. The van der Waals surface area contributed by atoms with Crippen LogP contribution in [-0.2, 0) is 7.05 Å².